The fourth-order valence-electron chi connectivity index (χ4n) is 3.19. The Balaban J connectivity index is 2.58. The van der Waals surface area contributed by atoms with Gasteiger partial charge in [0.15, 0.2) is 10.7 Å². The lowest BCUT2D eigenvalue weighted by atomic mass is 10.0. The van der Waals surface area contributed by atoms with Crippen LogP contribution in [0.5, 0.6) is 5.75 Å². The molecular weight excluding hydrogens is 468 g/mol. The summed E-state index contributed by atoms with van der Waals surface area (Å²) in [4.78, 5) is 12.4. The summed E-state index contributed by atoms with van der Waals surface area (Å²) in [6.07, 6.45) is 5.36. The quantitative estimate of drug-likeness (QED) is 0.210. The van der Waals surface area contributed by atoms with Gasteiger partial charge in [-0.15, -0.1) is 0 Å². The second-order valence-electron chi connectivity index (χ2n) is 8.48. The Bertz CT molecular complexity index is 1220. The maximum atomic E-state index is 13.9. The van der Waals surface area contributed by atoms with Gasteiger partial charge in [-0.1, -0.05) is 37.6 Å². The van der Waals surface area contributed by atoms with Crippen molar-refractivity contribution in [2.24, 2.45) is 0 Å². The van der Waals surface area contributed by atoms with Crippen LogP contribution in [-0.2, 0) is 29.5 Å². The average Bonchev–Trinajstić information content (AvgIpc) is 2.71. The predicted octanol–water partition coefficient (Wildman–Crippen LogP) is 3.24. The van der Waals surface area contributed by atoms with Gasteiger partial charge in [-0.05, 0) is 45.4 Å². The average molecular weight is 497 g/mol. The molecule has 1 aromatic rings. The number of sulfone groups is 1. The summed E-state index contributed by atoms with van der Waals surface area (Å²) < 4.78 is 63.7. The minimum atomic E-state index is -4.38. The minimum absolute atomic E-state index is 0.128. The number of nitrogens with zero attached hydrogens (tertiary/aromatic N) is 2. The van der Waals surface area contributed by atoms with E-state index in [2.05, 4.69) is 4.79 Å². The second-order valence-corrected chi connectivity index (χ2v) is 12.3. The molecule has 0 radical (unpaired) electrons. The molecule has 1 atom stereocenters. The van der Waals surface area contributed by atoms with Crippen LogP contribution in [0.25, 0.3) is 5.53 Å². The Morgan fingerprint density at radius 2 is 1.88 bits per heavy atom. The Morgan fingerprint density at radius 3 is 2.42 bits per heavy atom. The Kier molecular flexibility index (Phi) is 8.18. The summed E-state index contributed by atoms with van der Waals surface area (Å²) in [6.45, 7) is 6.87. The van der Waals surface area contributed by atoms with E-state index in [1.807, 2.05) is 6.92 Å². The third-order valence-electron chi connectivity index (χ3n) is 4.62. The first-order chi connectivity index (χ1) is 15.3. The van der Waals surface area contributed by atoms with Gasteiger partial charge in [0.25, 0.3) is 5.78 Å². The maximum absolute atomic E-state index is 13.9. The number of hydrogen-bond acceptors (Lipinski definition) is 7. The molecule has 0 amide bonds. The predicted molar refractivity (Wildman–Crippen MR) is 123 cm³/mol. The summed E-state index contributed by atoms with van der Waals surface area (Å²) in [5, 5.41) is 0. The number of Topliss-reactive ketones (excluding diaryl/α,β-unsaturated/α-hetero) is 1. The zero-order chi connectivity index (χ0) is 24.9. The third kappa shape index (κ3) is 6.48. The molecule has 0 fully saturated rings. The maximum Gasteiger partial charge on any atom is 0.328 e. The Morgan fingerprint density at radius 1 is 1.21 bits per heavy atom. The topological polar surface area (TPSA) is 140 Å². The molecule has 1 unspecified atom stereocenters. The van der Waals surface area contributed by atoms with Gasteiger partial charge in [-0.25, -0.2) is 8.42 Å². The highest BCUT2D eigenvalue weighted by atomic mass is 32.2. The van der Waals surface area contributed by atoms with E-state index >= 15 is 0 Å². The molecule has 0 bridgehead atoms. The van der Waals surface area contributed by atoms with E-state index < -0.39 is 36.3 Å². The zero-order valence-corrected chi connectivity index (χ0v) is 20.6. The first-order valence-corrected chi connectivity index (χ1v) is 13.4. The Hall–Kier alpha value is -2.59. The van der Waals surface area contributed by atoms with E-state index in [0.717, 1.165) is 0 Å². The normalized spacial score (nSPS) is 18.8. The van der Waals surface area contributed by atoms with Crippen LogP contribution in [-0.4, -0.2) is 49.9 Å². The van der Waals surface area contributed by atoms with E-state index in [1.54, 1.807) is 20.8 Å². The lowest BCUT2D eigenvalue weighted by Crippen LogP contribution is -2.46. The van der Waals surface area contributed by atoms with Gasteiger partial charge in [0, 0.05) is 12.0 Å². The lowest BCUT2D eigenvalue weighted by molar-refractivity contribution is -0.112. The summed E-state index contributed by atoms with van der Waals surface area (Å²) >= 11 is 0. The summed E-state index contributed by atoms with van der Waals surface area (Å²) in [7, 11) is -8.39. The molecule has 11 heteroatoms. The van der Waals surface area contributed by atoms with Crippen LogP contribution in [0.4, 0.5) is 0 Å². The van der Waals surface area contributed by atoms with Gasteiger partial charge in [0.1, 0.15) is 4.90 Å². The van der Waals surface area contributed by atoms with E-state index in [0.29, 0.717) is 19.1 Å². The van der Waals surface area contributed by atoms with Crippen LogP contribution < -0.4 is 4.18 Å². The zero-order valence-electron chi connectivity index (χ0n) is 19.0. The van der Waals surface area contributed by atoms with Crippen molar-refractivity contribution in [1.82, 2.24) is 0 Å². The standard InChI is InChI=1S/C22H28N2O7S2/c1-5-6-15-32(26,27)30-19-9-7-8-10-20(19)33(28,29)22(31-21(2,3)4)13-11-17(12-14-22)18(25)16-24-23/h7-13,16H,5-6,14-15H2,1-4H3. The van der Waals surface area contributed by atoms with Gasteiger partial charge in [0.05, 0.1) is 11.4 Å². The van der Waals surface area contributed by atoms with Crippen LogP contribution in [0, 0.1) is 0 Å². The minimum Gasteiger partial charge on any atom is -0.381 e. The molecule has 0 saturated heterocycles. The highest BCUT2D eigenvalue weighted by Crippen LogP contribution is 2.41. The van der Waals surface area contributed by atoms with Gasteiger partial charge >= 0.3 is 16.3 Å². The van der Waals surface area contributed by atoms with Crippen molar-refractivity contribution in [3.63, 3.8) is 0 Å². The molecule has 0 aliphatic heterocycles. The number of para-hydroxylation sites is 1. The van der Waals surface area contributed by atoms with Gasteiger partial charge in [-0.3, -0.25) is 4.79 Å². The van der Waals surface area contributed by atoms with Crippen molar-refractivity contribution in [1.29, 1.82) is 0 Å². The largest absolute Gasteiger partial charge is 0.381 e. The molecule has 1 aliphatic carbocycles. The van der Waals surface area contributed by atoms with Crippen LogP contribution >= 0.6 is 0 Å². The molecule has 2 rings (SSSR count). The molecule has 0 spiro atoms. The number of carbonyl (C=O) groups is 1. The number of ketones is 1. The monoisotopic (exact) mass is 496 g/mol. The molecule has 180 valence electrons. The first kappa shape index (κ1) is 26.7. The van der Waals surface area contributed by atoms with Gasteiger partial charge < -0.3 is 14.5 Å². The fraction of sp³-hybridized carbons (Fsp3) is 0.455. The highest BCUT2D eigenvalue weighted by Gasteiger charge is 2.48. The van der Waals surface area contributed by atoms with Crippen molar-refractivity contribution in [3.8, 4) is 5.75 Å². The number of benzene rings is 1. The second kappa shape index (κ2) is 10.1. The van der Waals surface area contributed by atoms with E-state index in [9.17, 15) is 21.6 Å². The fourth-order valence-corrected chi connectivity index (χ4v) is 6.30. The highest BCUT2D eigenvalue weighted by molar-refractivity contribution is 7.93. The van der Waals surface area contributed by atoms with Crippen LogP contribution in [0.1, 0.15) is 47.0 Å². The number of rotatable bonds is 10. The SMILES string of the molecule is CCCCS(=O)(=O)Oc1ccccc1S(=O)(=O)C1(OC(C)(C)C)C=CC(C(=O)C=[N+]=[N-])=CC1. The summed E-state index contributed by atoms with van der Waals surface area (Å²) in [5.41, 5.74) is 7.81. The van der Waals surface area contributed by atoms with Crippen LogP contribution in [0.15, 0.2) is 53.0 Å². The van der Waals surface area contributed by atoms with Crippen molar-refractivity contribution < 1.29 is 35.3 Å². The van der Waals surface area contributed by atoms with Crippen molar-refractivity contribution >= 4 is 32.0 Å². The lowest BCUT2D eigenvalue weighted by Gasteiger charge is -2.37. The molecule has 1 aromatic carbocycles. The van der Waals surface area contributed by atoms with Crippen LogP contribution in [0.3, 0.4) is 0 Å². The smallest absolute Gasteiger partial charge is 0.328 e. The number of ether oxygens (including phenoxy) is 1. The van der Waals surface area contributed by atoms with Crippen molar-refractivity contribution in [2.45, 2.75) is 62.4 Å². The van der Waals surface area contributed by atoms with E-state index in [4.69, 9.17) is 14.5 Å². The molecule has 33 heavy (non-hydrogen) atoms. The van der Waals surface area contributed by atoms with E-state index in [-0.39, 0.29) is 28.4 Å². The Labute approximate surface area is 194 Å². The molecule has 0 N–H and O–H groups in total. The molecule has 1 aliphatic rings. The van der Waals surface area contributed by atoms with Crippen LogP contribution in [0.2, 0.25) is 0 Å². The molecule has 0 heterocycles. The van der Waals surface area contributed by atoms with E-state index in [1.165, 1.54) is 42.5 Å². The molecule has 9 nitrogen and oxygen atoms in total. The number of hydrogen-bond donors (Lipinski definition) is 0. The molecule has 0 aromatic heterocycles. The van der Waals surface area contributed by atoms with Crippen molar-refractivity contribution in [3.05, 3.63) is 53.6 Å². The number of allylic oxidation sites excluding steroid dienone is 2. The van der Waals surface area contributed by atoms with Crippen molar-refractivity contribution in [2.75, 3.05) is 5.75 Å². The molecular formula is C22H28N2O7S2. The summed E-state index contributed by atoms with van der Waals surface area (Å²) in [6, 6.07) is 5.46. The number of carbonyl (C=O) groups excluding carboxylic acids is 1. The first-order valence-electron chi connectivity index (χ1n) is 10.3. The van der Waals surface area contributed by atoms with Gasteiger partial charge in [0.2, 0.25) is 9.84 Å². The van der Waals surface area contributed by atoms with Gasteiger partial charge in [-0.2, -0.15) is 13.2 Å². The number of unbranched alkanes of at least 4 members (excludes halogenated alkanes) is 1. The summed E-state index contributed by atoms with van der Waals surface area (Å²) in [5.74, 6) is -1.18. The third-order valence-corrected chi connectivity index (χ3v) is 8.05. The molecule has 0 saturated carbocycles.